The normalized spacial score (nSPS) is 11.1. The Morgan fingerprint density at radius 3 is 2.11 bits per heavy atom. The molecule has 0 radical (unpaired) electrons. The van der Waals surface area contributed by atoms with Crippen molar-refractivity contribution in [3.63, 3.8) is 0 Å². The summed E-state index contributed by atoms with van der Waals surface area (Å²) in [5.74, 6) is -1.86. The topological polar surface area (TPSA) is 95.2 Å². The number of nitrogens with one attached hydrogen (secondary N) is 1. The van der Waals surface area contributed by atoms with Crippen molar-refractivity contribution in [2.45, 2.75) is 13.3 Å². The van der Waals surface area contributed by atoms with Gasteiger partial charge < -0.3 is 5.41 Å². The van der Waals surface area contributed by atoms with E-state index in [4.69, 9.17) is 21.2 Å². The van der Waals surface area contributed by atoms with E-state index < -0.39 is 11.8 Å². The van der Waals surface area contributed by atoms with Gasteiger partial charge in [-0.1, -0.05) is 29.8 Å². The van der Waals surface area contributed by atoms with E-state index in [1.54, 1.807) is 12.1 Å². The highest BCUT2D eigenvalue weighted by molar-refractivity contribution is 5.92. The van der Waals surface area contributed by atoms with Crippen LogP contribution in [0.3, 0.4) is 0 Å². The highest BCUT2D eigenvalue weighted by Crippen LogP contribution is 2.14. The number of aryl methyl sites for hydroxylation is 1. The van der Waals surface area contributed by atoms with E-state index >= 15 is 0 Å². The summed E-state index contributed by atoms with van der Waals surface area (Å²) in [4.78, 5) is 0. The first kappa shape index (κ1) is 13.4. The lowest BCUT2D eigenvalue weighted by molar-refractivity contribution is 0.821. The van der Waals surface area contributed by atoms with Gasteiger partial charge >= 0.3 is 0 Å². The van der Waals surface area contributed by atoms with Gasteiger partial charge in [-0.15, -0.1) is 0 Å². The summed E-state index contributed by atoms with van der Waals surface area (Å²) in [5.41, 5.74) is 1.92. The maximum Gasteiger partial charge on any atom is 0.171 e. The maximum absolute atomic E-state index is 9.04. The molecular formula is C14H12N4. The lowest BCUT2D eigenvalue weighted by Gasteiger charge is -2.11. The zero-order valence-corrected chi connectivity index (χ0v) is 10.0. The minimum atomic E-state index is -1.14. The fourth-order valence-corrected chi connectivity index (χ4v) is 1.55. The smallest absolute Gasteiger partial charge is 0.171 e. The largest absolute Gasteiger partial charge is 0.306 e. The number of rotatable bonds is 4. The molecule has 4 heteroatoms. The number of nitriles is 3. The molecule has 1 rings (SSSR count). The Kier molecular flexibility index (Phi) is 4.61. The number of nitrogens with zero attached hydrogens (tertiary/aromatic N) is 3. The molecule has 1 N–H and O–H groups in total. The molecule has 4 nitrogen and oxygen atoms in total. The number of hydrogen-bond acceptors (Lipinski definition) is 4. The van der Waals surface area contributed by atoms with Crippen molar-refractivity contribution in [2.75, 3.05) is 0 Å². The average molecular weight is 236 g/mol. The van der Waals surface area contributed by atoms with E-state index in [0.717, 1.165) is 11.1 Å². The van der Waals surface area contributed by atoms with Crippen LogP contribution >= 0.6 is 0 Å². The van der Waals surface area contributed by atoms with Crippen LogP contribution < -0.4 is 0 Å². The second-order valence-electron chi connectivity index (χ2n) is 4.02. The average Bonchev–Trinajstić information content (AvgIpc) is 2.39. The maximum atomic E-state index is 9.04. The Hall–Kier alpha value is -2.64. The van der Waals surface area contributed by atoms with Crippen molar-refractivity contribution in [1.82, 2.24) is 0 Å². The van der Waals surface area contributed by atoms with Crippen LogP contribution in [0.25, 0.3) is 0 Å². The van der Waals surface area contributed by atoms with Gasteiger partial charge in [0.05, 0.1) is 29.8 Å². The summed E-state index contributed by atoms with van der Waals surface area (Å²) in [5, 5.41) is 34.2. The summed E-state index contributed by atoms with van der Waals surface area (Å²) in [6.07, 6.45) is 0.357. The molecule has 0 bridgehead atoms. The molecule has 0 aliphatic carbocycles. The summed E-state index contributed by atoms with van der Waals surface area (Å²) in [7, 11) is 0. The minimum Gasteiger partial charge on any atom is -0.306 e. The zero-order chi connectivity index (χ0) is 13.5. The van der Waals surface area contributed by atoms with Crippen LogP contribution in [0.2, 0.25) is 0 Å². The predicted octanol–water partition coefficient (Wildman–Crippen LogP) is 2.36. The molecular weight excluding hydrogens is 224 g/mol. The predicted molar refractivity (Wildman–Crippen MR) is 66.4 cm³/mol. The molecule has 1 aromatic carbocycles. The van der Waals surface area contributed by atoms with E-state index in [1.807, 2.05) is 37.3 Å². The third-order valence-electron chi connectivity index (χ3n) is 2.66. The summed E-state index contributed by atoms with van der Waals surface area (Å²) in [6, 6.07) is 13.1. The van der Waals surface area contributed by atoms with Crippen LogP contribution in [0.15, 0.2) is 24.3 Å². The van der Waals surface area contributed by atoms with Crippen LogP contribution in [-0.2, 0) is 6.42 Å². The fourth-order valence-electron chi connectivity index (χ4n) is 1.55. The van der Waals surface area contributed by atoms with Crippen LogP contribution in [0.5, 0.6) is 0 Å². The van der Waals surface area contributed by atoms with Crippen molar-refractivity contribution in [2.24, 2.45) is 11.8 Å². The van der Waals surface area contributed by atoms with Gasteiger partial charge in [-0.05, 0) is 18.9 Å². The summed E-state index contributed by atoms with van der Waals surface area (Å²) >= 11 is 0. The van der Waals surface area contributed by atoms with Crippen LogP contribution in [-0.4, -0.2) is 5.71 Å². The number of hydrogen-bond donors (Lipinski definition) is 1. The molecule has 18 heavy (non-hydrogen) atoms. The SMILES string of the molecule is Cc1ccc(C[C@@H](C#N)C(=N)C(C#N)C#N)cc1. The van der Waals surface area contributed by atoms with Gasteiger partial charge in [-0.2, -0.15) is 15.8 Å². The first-order valence-corrected chi connectivity index (χ1v) is 5.45. The van der Waals surface area contributed by atoms with Gasteiger partial charge in [0.1, 0.15) is 0 Å². The van der Waals surface area contributed by atoms with Crippen molar-refractivity contribution in [3.8, 4) is 18.2 Å². The molecule has 0 spiro atoms. The summed E-state index contributed by atoms with van der Waals surface area (Å²) in [6.45, 7) is 1.97. The lowest BCUT2D eigenvalue weighted by atomic mass is 9.89. The Bertz CT molecular complexity index is 537. The third kappa shape index (κ3) is 3.17. The molecule has 0 fully saturated rings. The van der Waals surface area contributed by atoms with Gasteiger partial charge in [-0.25, -0.2) is 0 Å². The van der Waals surface area contributed by atoms with E-state index in [1.165, 1.54) is 0 Å². The molecule has 0 saturated heterocycles. The highest BCUT2D eigenvalue weighted by atomic mass is 14.5. The molecule has 0 aliphatic heterocycles. The molecule has 0 aliphatic rings. The second-order valence-corrected chi connectivity index (χ2v) is 4.02. The Morgan fingerprint density at radius 2 is 1.67 bits per heavy atom. The molecule has 0 saturated carbocycles. The Labute approximate surface area is 106 Å². The molecule has 88 valence electrons. The monoisotopic (exact) mass is 236 g/mol. The van der Waals surface area contributed by atoms with Crippen LogP contribution in [0.1, 0.15) is 11.1 Å². The molecule has 1 aromatic rings. The molecule has 0 unspecified atom stereocenters. The van der Waals surface area contributed by atoms with E-state index in [9.17, 15) is 0 Å². The first-order valence-electron chi connectivity index (χ1n) is 5.45. The highest BCUT2D eigenvalue weighted by Gasteiger charge is 2.23. The van der Waals surface area contributed by atoms with Gasteiger partial charge in [0.25, 0.3) is 0 Å². The van der Waals surface area contributed by atoms with Gasteiger partial charge in [0.2, 0.25) is 0 Å². The second kappa shape index (κ2) is 6.18. The van der Waals surface area contributed by atoms with Crippen LogP contribution in [0.4, 0.5) is 0 Å². The molecule has 1 atom stereocenters. The first-order chi connectivity index (χ1) is 8.62. The van der Waals surface area contributed by atoms with Gasteiger partial charge in [0.15, 0.2) is 5.92 Å². The van der Waals surface area contributed by atoms with E-state index in [-0.39, 0.29) is 5.71 Å². The quantitative estimate of drug-likeness (QED) is 0.813. The van der Waals surface area contributed by atoms with Crippen molar-refractivity contribution in [3.05, 3.63) is 35.4 Å². The fraction of sp³-hybridized carbons (Fsp3) is 0.286. The van der Waals surface area contributed by atoms with Gasteiger partial charge in [0, 0.05) is 0 Å². The number of benzene rings is 1. The third-order valence-corrected chi connectivity index (χ3v) is 2.66. The minimum absolute atomic E-state index is 0.122. The zero-order valence-electron chi connectivity index (χ0n) is 10.0. The van der Waals surface area contributed by atoms with E-state index in [0.29, 0.717) is 6.42 Å². The Balaban J connectivity index is 2.84. The van der Waals surface area contributed by atoms with Crippen molar-refractivity contribution in [1.29, 1.82) is 21.2 Å². The Morgan fingerprint density at radius 1 is 1.11 bits per heavy atom. The molecule has 0 amide bonds. The van der Waals surface area contributed by atoms with E-state index in [2.05, 4.69) is 0 Å². The molecule has 0 heterocycles. The molecule has 0 aromatic heterocycles. The standard InChI is InChI=1S/C14H12N4/c1-10-2-4-11(5-3-10)6-12(7-15)14(18)13(8-16)9-17/h2-5,12-13,18H,6H2,1H3/t12-/m0/s1. The van der Waals surface area contributed by atoms with Crippen LogP contribution in [0, 0.1) is 58.2 Å². The van der Waals surface area contributed by atoms with Gasteiger partial charge in [-0.3, -0.25) is 0 Å². The van der Waals surface area contributed by atoms with Crippen molar-refractivity contribution >= 4 is 5.71 Å². The summed E-state index contributed by atoms with van der Waals surface area (Å²) < 4.78 is 0. The lowest BCUT2D eigenvalue weighted by Crippen LogP contribution is -2.21. The van der Waals surface area contributed by atoms with Crippen molar-refractivity contribution < 1.29 is 0 Å².